The zero-order valence-corrected chi connectivity index (χ0v) is 10.6. The summed E-state index contributed by atoms with van der Waals surface area (Å²) in [5, 5.41) is 0. The highest BCUT2D eigenvalue weighted by atomic mass is 32.2. The van der Waals surface area contributed by atoms with Gasteiger partial charge in [-0.15, -0.1) is 0 Å². The Morgan fingerprint density at radius 1 is 1.07 bits per heavy atom. The number of esters is 2. The van der Waals surface area contributed by atoms with Gasteiger partial charge >= 0.3 is 11.9 Å². The lowest BCUT2D eigenvalue weighted by molar-refractivity contribution is -0.144. The van der Waals surface area contributed by atoms with Crippen molar-refractivity contribution >= 4 is 22.8 Å². The molecular formula is C10H17O4S+. The number of methoxy groups -OCH3 is 2. The standard InChI is InChI=1S/C10H17O4S/c1-7(6-15(4)5)8(9(11)13-2)10(12)14-3/h6H2,1-5H3/q+1. The van der Waals surface area contributed by atoms with Crippen molar-refractivity contribution in [1.82, 2.24) is 0 Å². The molecule has 4 nitrogen and oxygen atoms in total. The van der Waals surface area contributed by atoms with E-state index in [9.17, 15) is 9.59 Å². The summed E-state index contributed by atoms with van der Waals surface area (Å²) in [4.78, 5) is 22.7. The van der Waals surface area contributed by atoms with Crippen molar-refractivity contribution in [3.05, 3.63) is 11.1 Å². The molecule has 0 aliphatic heterocycles. The maximum absolute atomic E-state index is 11.4. The molecule has 0 aromatic heterocycles. The molecule has 0 aliphatic rings. The Morgan fingerprint density at radius 3 is 1.73 bits per heavy atom. The van der Waals surface area contributed by atoms with Crippen LogP contribution in [0.4, 0.5) is 0 Å². The Bertz CT molecular complexity index is 263. The minimum atomic E-state index is -0.634. The van der Waals surface area contributed by atoms with E-state index >= 15 is 0 Å². The molecule has 15 heavy (non-hydrogen) atoms. The van der Waals surface area contributed by atoms with Gasteiger partial charge < -0.3 is 9.47 Å². The van der Waals surface area contributed by atoms with Crippen LogP contribution in [0.2, 0.25) is 0 Å². The Morgan fingerprint density at radius 2 is 1.47 bits per heavy atom. The summed E-state index contributed by atoms with van der Waals surface area (Å²) < 4.78 is 9.09. The first-order valence-electron chi connectivity index (χ1n) is 4.34. The molecule has 0 saturated carbocycles. The largest absolute Gasteiger partial charge is 0.465 e. The highest BCUT2D eigenvalue weighted by Crippen LogP contribution is 2.10. The second-order valence-corrected chi connectivity index (χ2v) is 5.53. The Kier molecular flexibility index (Phi) is 6.08. The number of carbonyl (C=O) groups is 2. The van der Waals surface area contributed by atoms with Gasteiger partial charge in [0.15, 0.2) is 0 Å². The van der Waals surface area contributed by atoms with Crippen LogP contribution in [0.3, 0.4) is 0 Å². The number of hydrogen-bond donors (Lipinski definition) is 0. The topological polar surface area (TPSA) is 52.6 Å². The fraction of sp³-hybridized carbons (Fsp3) is 0.600. The first kappa shape index (κ1) is 14.0. The van der Waals surface area contributed by atoms with Gasteiger partial charge in [0, 0.05) is 0 Å². The van der Waals surface area contributed by atoms with E-state index in [4.69, 9.17) is 0 Å². The summed E-state index contributed by atoms with van der Waals surface area (Å²) in [6.07, 6.45) is 4.07. The number of rotatable bonds is 4. The van der Waals surface area contributed by atoms with E-state index in [1.54, 1.807) is 6.92 Å². The lowest BCUT2D eigenvalue weighted by Crippen LogP contribution is -2.20. The lowest BCUT2D eigenvalue weighted by atomic mass is 10.1. The van der Waals surface area contributed by atoms with Crippen LogP contribution in [0.25, 0.3) is 0 Å². The van der Waals surface area contributed by atoms with Gasteiger partial charge in [-0.2, -0.15) is 0 Å². The fourth-order valence-electron chi connectivity index (χ4n) is 1.14. The van der Waals surface area contributed by atoms with Gasteiger partial charge in [-0.1, -0.05) is 0 Å². The van der Waals surface area contributed by atoms with Crippen molar-refractivity contribution in [3.8, 4) is 0 Å². The fourth-order valence-corrected chi connectivity index (χ4v) is 2.15. The second-order valence-electron chi connectivity index (χ2n) is 3.27. The third-order valence-electron chi connectivity index (χ3n) is 1.71. The molecule has 0 aromatic rings. The van der Waals surface area contributed by atoms with Crippen LogP contribution in [0.15, 0.2) is 11.1 Å². The molecule has 0 radical (unpaired) electrons. The summed E-state index contributed by atoms with van der Waals surface area (Å²) >= 11 is 0. The van der Waals surface area contributed by atoms with E-state index in [1.807, 2.05) is 12.5 Å². The lowest BCUT2D eigenvalue weighted by Gasteiger charge is -2.06. The maximum atomic E-state index is 11.4. The monoisotopic (exact) mass is 233 g/mol. The van der Waals surface area contributed by atoms with Gasteiger partial charge in [-0.3, -0.25) is 0 Å². The summed E-state index contributed by atoms with van der Waals surface area (Å²) in [5.74, 6) is -0.575. The van der Waals surface area contributed by atoms with E-state index in [0.29, 0.717) is 11.3 Å². The summed E-state index contributed by atoms with van der Waals surface area (Å²) in [6.45, 7) is 1.75. The highest BCUT2D eigenvalue weighted by molar-refractivity contribution is 7.95. The van der Waals surface area contributed by atoms with Crippen molar-refractivity contribution < 1.29 is 19.1 Å². The van der Waals surface area contributed by atoms with Gasteiger partial charge in [-0.05, 0) is 23.4 Å². The molecule has 0 heterocycles. The van der Waals surface area contributed by atoms with Crippen LogP contribution in [0, 0.1) is 0 Å². The third kappa shape index (κ3) is 4.38. The Hall–Kier alpha value is -0.970. The summed E-state index contributed by atoms with van der Waals surface area (Å²) in [5.41, 5.74) is 0.725. The second kappa shape index (κ2) is 6.50. The van der Waals surface area contributed by atoms with E-state index in [0.717, 1.165) is 0 Å². The van der Waals surface area contributed by atoms with Crippen LogP contribution in [-0.2, 0) is 30.0 Å². The molecule has 5 heteroatoms. The van der Waals surface area contributed by atoms with Crippen LogP contribution < -0.4 is 0 Å². The van der Waals surface area contributed by atoms with Crippen molar-refractivity contribution in [2.45, 2.75) is 6.92 Å². The average molecular weight is 233 g/mol. The SMILES string of the molecule is COC(=O)C(C(=O)OC)=C(C)C[S+](C)C. The minimum absolute atomic E-state index is 0.0150. The molecule has 0 bridgehead atoms. The van der Waals surface area contributed by atoms with Crippen molar-refractivity contribution in [2.75, 3.05) is 32.5 Å². The number of hydrogen-bond acceptors (Lipinski definition) is 4. The van der Waals surface area contributed by atoms with E-state index in [2.05, 4.69) is 9.47 Å². The number of ether oxygens (including phenoxy) is 2. The van der Waals surface area contributed by atoms with Gasteiger partial charge in [0.25, 0.3) is 0 Å². The van der Waals surface area contributed by atoms with Gasteiger partial charge in [0.2, 0.25) is 0 Å². The quantitative estimate of drug-likeness (QED) is 0.234. The van der Waals surface area contributed by atoms with Gasteiger partial charge in [0.1, 0.15) is 11.3 Å². The van der Waals surface area contributed by atoms with Crippen LogP contribution in [0.5, 0.6) is 0 Å². The van der Waals surface area contributed by atoms with Crippen molar-refractivity contribution in [3.63, 3.8) is 0 Å². The Labute approximate surface area is 93.0 Å². The maximum Gasteiger partial charge on any atom is 0.345 e. The first-order chi connectivity index (χ1) is 6.93. The normalized spacial score (nSPS) is 9.73. The highest BCUT2D eigenvalue weighted by Gasteiger charge is 2.24. The first-order valence-corrected chi connectivity index (χ1v) is 6.55. The molecule has 0 fully saturated rings. The predicted molar refractivity (Wildman–Crippen MR) is 60.8 cm³/mol. The third-order valence-corrected chi connectivity index (χ3v) is 2.72. The smallest absolute Gasteiger partial charge is 0.345 e. The zero-order chi connectivity index (χ0) is 12.0. The van der Waals surface area contributed by atoms with Crippen LogP contribution >= 0.6 is 0 Å². The van der Waals surface area contributed by atoms with Crippen LogP contribution in [-0.4, -0.2) is 44.4 Å². The molecule has 0 unspecified atom stereocenters. The van der Waals surface area contributed by atoms with Crippen LogP contribution in [0.1, 0.15) is 6.92 Å². The van der Waals surface area contributed by atoms with Gasteiger partial charge in [0.05, 0.1) is 26.7 Å². The number of carbonyl (C=O) groups excluding carboxylic acids is 2. The molecule has 0 N–H and O–H groups in total. The van der Waals surface area contributed by atoms with Crippen molar-refractivity contribution in [2.24, 2.45) is 0 Å². The molecule has 86 valence electrons. The van der Waals surface area contributed by atoms with Gasteiger partial charge in [-0.25, -0.2) is 9.59 Å². The molecule has 0 saturated heterocycles. The molecular weight excluding hydrogens is 216 g/mol. The minimum Gasteiger partial charge on any atom is -0.465 e. The molecule has 0 atom stereocenters. The van der Waals surface area contributed by atoms with E-state index in [1.165, 1.54) is 14.2 Å². The zero-order valence-electron chi connectivity index (χ0n) is 9.75. The van der Waals surface area contributed by atoms with E-state index in [-0.39, 0.29) is 16.5 Å². The molecule has 0 amide bonds. The average Bonchev–Trinajstić information content (AvgIpc) is 2.16. The molecule has 0 aliphatic carbocycles. The molecule has 0 rings (SSSR count). The van der Waals surface area contributed by atoms with Crippen molar-refractivity contribution in [1.29, 1.82) is 0 Å². The molecule has 0 spiro atoms. The summed E-state index contributed by atoms with van der Waals surface area (Å²) in [7, 11) is 2.62. The summed E-state index contributed by atoms with van der Waals surface area (Å²) in [6, 6.07) is 0. The van der Waals surface area contributed by atoms with E-state index < -0.39 is 11.9 Å². The predicted octanol–water partition coefficient (Wildman–Crippen LogP) is 0.527. The Balaban J connectivity index is 5.06. The molecule has 0 aromatic carbocycles.